The van der Waals surface area contributed by atoms with E-state index in [4.69, 9.17) is 0 Å². The van der Waals surface area contributed by atoms with Gasteiger partial charge in [0.2, 0.25) is 17.7 Å². The second kappa shape index (κ2) is 5.99. The molecule has 0 spiro atoms. The Hall–Kier alpha value is -2.43. The van der Waals surface area contributed by atoms with E-state index in [9.17, 15) is 14.4 Å². The van der Waals surface area contributed by atoms with Crippen LogP contribution < -0.4 is 10.6 Å². The largest absolute Gasteiger partial charge is 0.349 e. The highest BCUT2D eigenvalue weighted by atomic mass is 16.2. The highest BCUT2D eigenvalue weighted by Crippen LogP contribution is 2.37. The maximum absolute atomic E-state index is 12.3. The molecular weight excluding hydrogens is 292 g/mol. The number of carbonyl (C=O) groups is 3. The molecule has 1 aliphatic heterocycles. The highest BCUT2D eigenvalue weighted by Gasteiger charge is 2.51. The van der Waals surface area contributed by atoms with Crippen LogP contribution in [-0.2, 0) is 20.8 Å². The molecule has 4 atom stereocenters. The Kier molecular flexibility index (Phi) is 4.03. The number of amides is 3. The normalized spacial score (nSPS) is 29.6. The predicted octanol–water partition coefficient (Wildman–Crippen LogP) is 1.20. The smallest absolute Gasteiger partial charge is 0.232 e. The molecule has 2 N–H and O–H groups in total. The molecule has 3 amide bonds. The first kappa shape index (κ1) is 15.5. The zero-order chi connectivity index (χ0) is 16.6. The van der Waals surface area contributed by atoms with Crippen molar-refractivity contribution in [3.63, 3.8) is 0 Å². The summed E-state index contributed by atoms with van der Waals surface area (Å²) in [5, 5.41) is 5.34. The number of rotatable bonds is 3. The SMILES string of the molecule is CC1=CC(C)[C@H]2C(=O)NC(=O)[C@H]2[C@H]1NC(=O)Cc1ccccc1. The summed E-state index contributed by atoms with van der Waals surface area (Å²) >= 11 is 0. The Labute approximate surface area is 135 Å². The molecule has 120 valence electrons. The van der Waals surface area contributed by atoms with Crippen LogP contribution in [0, 0.1) is 17.8 Å². The lowest BCUT2D eigenvalue weighted by Crippen LogP contribution is -2.49. The zero-order valence-electron chi connectivity index (χ0n) is 13.2. The van der Waals surface area contributed by atoms with E-state index in [1.165, 1.54) is 0 Å². The molecule has 1 saturated heterocycles. The fourth-order valence-corrected chi connectivity index (χ4v) is 3.65. The van der Waals surface area contributed by atoms with Gasteiger partial charge in [-0.3, -0.25) is 19.7 Å². The number of nitrogens with one attached hydrogen (secondary N) is 2. The molecule has 0 saturated carbocycles. The summed E-state index contributed by atoms with van der Waals surface area (Å²) in [6.07, 6.45) is 2.24. The van der Waals surface area contributed by atoms with Gasteiger partial charge < -0.3 is 5.32 Å². The Morgan fingerprint density at radius 1 is 1.13 bits per heavy atom. The summed E-state index contributed by atoms with van der Waals surface area (Å²) in [7, 11) is 0. The van der Waals surface area contributed by atoms with Crippen LogP contribution in [-0.4, -0.2) is 23.8 Å². The van der Waals surface area contributed by atoms with Gasteiger partial charge in [0.15, 0.2) is 0 Å². The first-order chi connectivity index (χ1) is 11.0. The molecule has 5 heteroatoms. The molecule has 0 bridgehead atoms. The number of allylic oxidation sites excluding steroid dienone is 1. The van der Waals surface area contributed by atoms with Crippen LogP contribution in [0.5, 0.6) is 0 Å². The molecule has 1 aliphatic carbocycles. The quantitative estimate of drug-likeness (QED) is 0.650. The fourth-order valence-electron chi connectivity index (χ4n) is 3.65. The van der Waals surface area contributed by atoms with Crippen LogP contribution in [0.4, 0.5) is 0 Å². The van der Waals surface area contributed by atoms with E-state index in [1.54, 1.807) is 0 Å². The summed E-state index contributed by atoms with van der Waals surface area (Å²) in [4.78, 5) is 36.5. The topological polar surface area (TPSA) is 75.3 Å². The summed E-state index contributed by atoms with van der Waals surface area (Å²) in [6, 6.07) is 9.03. The predicted molar refractivity (Wildman–Crippen MR) is 85.1 cm³/mol. The lowest BCUT2D eigenvalue weighted by atomic mass is 9.72. The van der Waals surface area contributed by atoms with Gasteiger partial charge in [-0.25, -0.2) is 0 Å². The van der Waals surface area contributed by atoms with Gasteiger partial charge in [0.05, 0.1) is 24.3 Å². The number of hydrogen-bond acceptors (Lipinski definition) is 3. The molecule has 1 unspecified atom stereocenters. The first-order valence-electron chi connectivity index (χ1n) is 7.83. The number of carbonyl (C=O) groups excluding carboxylic acids is 3. The third kappa shape index (κ3) is 2.91. The molecule has 5 nitrogen and oxygen atoms in total. The third-order valence-corrected chi connectivity index (χ3v) is 4.70. The van der Waals surface area contributed by atoms with Gasteiger partial charge in [-0.15, -0.1) is 0 Å². The van der Waals surface area contributed by atoms with Crippen molar-refractivity contribution in [2.24, 2.45) is 17.8 Å². The maximum atomic E-state index is 12.3. The molecule has 1 heterocycles. The van der Waals surface area contributed by atoms with Gasteiger partial charge >= 0.3 is 0 Å². The minimum absolute atomic E-state index is 0.00581. The maximum Gasteiger partial charge on any atom is 0.232 e. The molecule has 1 aromatic carbocycles. The molecule has 1 aromatic rings. The van der Waals surface area contributed by atoms with Crippen LogP contribution in [0.15, 0.2) is 42.0 Å². The molecule has 3 rings (SSSR count). The van der Waals surface area contributed by atoms with E-state index >= 15 is 0 Å². The number of fused-ring (bicyclic) bond motifs is 1. The van der Waals surface area contributed by atoms with E-state index in [0.29, 0.717) is 0 Å². The second-order valence-corrected chi connectivity index (χ2v) is 6.38. The standard InChI is InChI=1S/C18H20N2O3/c1-10-8-11(2)16(15-14(10)17(22)20-18(15)23)19-13(21)9-12-6-4-3-5-7-12/h3-8,10,14-16H,9H2,1-2H3,(H,19,21)(H,20,22,23)/t10?,14-,15-,16+/m1/s1. The molecule has 0 radical (unpaired) electrons. The van der Waals surface area contributed by atoms with Crippen molar-refractivity contribution in [3.8, 4) is 0 Å². The van der Waals surface area contributed by atoms with E-state index in [2.05, 4.69) is 10.6 Å². The van der Waals surface area contributed by atoms with Crippen molar-refractivity contribution >= 4 is 17.7 Å². The average molecular weight is 312 g/mol. The van der Waals surface area contributed by atoms with E-state index in [1.807, 2.05) is 50.3 Å². The van der Waals surface area contributed by atoms with Gasteiger partial charge in [0.25, 0.3) is 0 Å². The molecule has 0 aromatic heterocycles. The summed E-state index contributed by atoms with van der Waals surface area (Å²) in [6.45, 7) is 3.83. The summed E-state index contributed by atoms with van der Waals surface area (Å²) in [5.74, 6) is -1.58. The average Bonchev–Trinajstić information content (AvgIpc) is 2.79. The molecular formula is C18H20N2O3. The highest BCUT2D eigenvalue weighted by molar-refractivity contribution is 6.06. The van der Waals surface area contributed by atoms with Gasteiger partial charge in [-0.1, -0.05) is 48.9 Å². The lowest BCUT2D eigenvalue weighted by molar-refractivity contribution is -0.126. The zero-order valence-corrected chi connectivity index (χ0v) is 13.2. The summed E-state index contributed by atoms with van der Waals surface area (Å²) < 4.78 is 0. The van der Waals surface area contributed by atoms with Crippen molar-refractivity contribution < 1.29 is 14.4 Å². The third-order valence-electron chi connectivity index (χ3n) is 4.70. The Morgan fingerprint density at radius 3 is 2.48 bits per heavy atom. The lowest BCUT2D eigenvalue weighted by Gasteiger charge is -2.34. The van der Waals surface area contributed by atoms with Gasteiger partial charge in [-0.05, 0) is 18.4 Å². The van der Waals surface area contributed by atoms with Crippen molar-refractivity contribution in [1.82, 2.24) is 10.6 Å². The first-order valence-corrected chi connectivity index (χ1v) is 7.83. The van der Waals surface area contributed by atoms with E-state index in [0.717, 1.165) is 11.1 Å². The summed E-state index contributed by atoms with van der Waals surface area (Å²) in [5.41, 5.74) is 1.85. The van der Waals surface area contributed by atoms with Crippen LogP contribution in [0.2, 0.25) is 0 Å². The molecule has 1 fully saturated rings. The van der Waals surface area contributed by atoms with Crippen LogP contribution in [0.3, 0.4) is 0 Å². The van der Waals surface area contributed by atoms with Gasteiger partial charge in [0, 0.05) is 0 Å². The second-order valence-electron chi connectivity index (χ2n) is 6.38. The van der Waals surface area contributed by atoms with Crippen molar-refractivity contribution in [1.29, 1.82) is 0 Å². The van der Waals surface area contributed by atoms with Crippen LogP contribution in [0.25, 0.3) is 0 Å². The molecule has 2 aliphatic rings. The van der Waals surface area contributed by atoms with E-state index in [-0.39, 0.29) is 30.1 Å². The molecule has 23 heavy (non-hydrogen) atoms. The minimum atomic E-state index is -0.512. The Balaban J connectivity index is 1.78. The number of imide groups is 1. The van der Waals surface area contributed by atoms with Gasteiger partial charge in [0.1, 0.15) is 0 Å². The Morgan fingerprint density at radius 2 is 1.78 bits per heavy atom. The van der Waals surface area contributed by atoms with Gasteiger partial charge in [-0.2, -0.15) is 0 Å². The fraction of sp³-hybridized carbons (Fsp3) is 0.389. The van der Waals surface area contributed by atoms with Crippen molar-refractivity contribution in [3.05, 3.63) is 47.5 Å². The number of hydrogen-bond donors (Lipinski definition) is 2. The van der Waals surface area contributed by atoms with Crippen LogP contribution >= 0.6 is 0 Å². The number of benzene rings is 1. The van der Waals surface area contributed by atoms with Crippen molar-refractivity contribution in [2.45, 2.75) is 26.3 Å². The van der Waals surface area contributed by atoms with Crippen LogP contribution in [0.1, 0.15) is 19.4 Å². The van der Waals surface area contributed by atoms with E-state index < -0.39 is 17.9 Å². The van der Waals surface area contributed by atoms with Crippen molar-refractivity contribution in [2.75, 3.05) is 0 Å². The minimum Gasteiger partial charge on any atom is -0.349 e. The Bertz CT molecular complexity index is 681. The monoisotopic (exact) mass is 312 g/mol.